The summed E-state index contributed by atoms with van der Waals surface area (Å²) in [7, 11) is 1.62. The summed E-state index contributed by atoms with van der Waals surface area (Å²) in [4.78, 5) is 4.09. The Bertz CT molecular complexity index is 544. The highest BCUT2D eigenvalue weighted by molar-refractivity contribution is 5.33. The summed E-state index contributed by atoms with van der Waals surface area (Å²) in [5.41, 5.74) is 2.31. The smallest absolute Gasteiger partial charge is 0.213 e. The van der Waals surface area contributed by atoms with Gasteiger partial charge in [0.2, 0.25) is 5.88 Å². The minimum absolute atomic E-state index is 0.638. The van der Waals surface area contributed by atoms with E-state index in [-0.39, 0.29) is 0 Å². The van der Waals surface area contributed by atoms with Crippen LogP contribution in [0.4, 0.5) is 0 Å². The van der Waals surface area contributed by atoms with Crippen LogP contribution in [0.2, 0.25) is 0 Å². The molecule has 0 unspecified atom stereocenters. The SMILES string of the molecule is CCOc1ccccc1CNCc1ccnc(OC)c1. The second kappa shape index (κ2) is 7.50. The zero-order valence-corrected chi connectivity index (χ0v) is 11.9. The Morgan fingerprint density at radius 2 is 2.00 bits per heavy atom. The molecule has 0 fully saturated rings. The number of nitrogens with one attached hydrogen (secondary N) is 1. The highest BCUT2D eigenvalue weighted by atomic mass is 16.5. The van der Waals surface area contributed by atoms with Gasteiger partial charge in [0.25, 0.3) is 0 Å². The first-order valence-electron chi connectivity index (χ1n) is 6.74. The highest BCUT2D eigenvalue weighted by Crippen LogP contribution is 2.17. The summed E-state index contributed by atoms with van der Waals surface area (Å²) in [6.07, 6.45) is 1.75. The van der Waals surface area contributed by atoms with Crippen LogP contribution in [0.15, 0.2) is 42.6 Å². The van der Waals surface area contributed by atoms with E-state index in [0.717, 1.165) is 30.0 Å². The lowest BCUT2D eigenvalue weighted by Gasteiger charge is -2.11. The van der Waals surface area contributed by atoms with Crippen LogP contribution in [0.25, 0.3) is 0 Å². The number of aromatic nitrogens is 1. The van der Waals surface area contributed by atoms with Crippen LogP contribution < -0.4 is 14.8 Å². The fourth-order valence-corrected chi connectivity index (χ4v) is 1.96. The van der Waals surface area contributed by atoms with Crippen LogP contribution in [0, 0.1) is 0 Å². The number of methoxy groups -OCH3 is 1. The van der Waals surface area contributed by atoms with Crippen molar-refractivity contribution in [2.24, 2.45) is 0 Å². The van der Waals surface area contributed by atoms with Crippen molar-refractivity contribution in [2.75, 3.05) is 13.7 Å². The predicted molar refractivity (Wildman–Crippen MR) is 78.9 cm³/mol. The molecule has 0 aliphatic heterocycles. The maximum absolute atomic E-state index is 5.61. The summed E-state index contributed by atoms with van der Waals surface area (Å²) in [6.45, 7) is 4.20. The van der Waals surface area contributed by atoms with Crippen LogP contribution in [0.3, 0.4) is 0 Å². The fourth-order valence-electron chi connectivity index (χ4n) is 1.96. The molecule has 0 radical (unpaired) electrons. The molecule has 0 aliphatic carbocycles. The summed E-state index contributed by atoms with van der Waals surface area (Å²) in [5.74, 6) is 1.58. The van der Waals surface area contributed by atoms with E-state index in [0.29, 0.717) is 12.5 Å². The molecule has 1 aromatic carbocycles. The number of para-hydroxylation sites is 1. The van der Waals surface area contributed by atoms with Crippen LogP contribution in [-0.2, 0) is 13.1 Å². The molecule has 2 aromatic rings. The van der Waals surface area contributed by atoms with E-state index in [1.54, 1.807) is 13.3 Å². The summed E-state index contributed by atoms with van der Waals surface area (Å²) in [5, 5.41) is 3.40. The van der Waals surface area contributed by atoms with Crippen LogP contribution in [0.1, 0.15) is 18.1 Å². The first kappa shape index (κ1) is 14.3. The molecule has 0 amide bonds. The topological polar surface area (TPSA) is 43.4 Å². The Balaban J connectivity index is 1.92. The van der Waals surface area contributed by atoms with Crippen molar-refractivity contribution in [3.63, 3.8) is 0 Å². The van der Waals surface area contributed by atoms with E-state index in [1.165, 1.54) is 0 Å². The molecule has 0 saturated carbocycles. The molecular formula is C16H20N2O2. The van der Waals surface area contributed by atoms with Gasteiger partial charge in [-0.2, -0.15) is 0 Å². The van der Waals surface area contributed by atoms with Crippen molar-refractivity contribution >= 4 is 0 Å². The summed E-state index contributed by atoms with van der Waals surface area (Å²) in [6, 6.07) is 12.0. The molecule has 0 atom stereocenters. The van der Waals surface area contributed by atoms with Gasteiger partial charge >= 0.3 is 0 Å². The van der Waals surface area contributed by atoms with E-state index in [4.69, 9.17) is 9.47 Å². The zero-order valence-electron chi connectivity index (χ0n) is 11.9. The minimum Gasteiger partial charge on any atom is -0.494 e. The molecule has 1 aromatic heterocycles. The third kappa shape index (κ3) is 3.96. The number of benzene rings is 1. The molecule has 0 aliphatic rings. The van der Waals surface area contributed by atoms with Gasteiger partial charge in [-0.3, -0.25) is 0 Å². The van der Waals surface area contributed by atoms with E-state index < -0.39 is 0 Å². The van der Waals surface area contributed by atoms with Crippen molar-refractivity contribution < 1.29 is 9.47 Å². The number of hydrogen-bond acceptors (Lipinski definition) is 4. The molecule has 4 nitrogen and oxygen atoms in total. The lowest BCUT2D eigenvalue weighted by Crippen LogP contribution is -2.13. The number of ether oxygens (including phenoxy) is 2. The maximum Gasteiger partial charge on any atom is 0.213 e. The van der Waals surface area contributed by atoms with Gasteiger partial charge in [0.05, 0.1) is 13.7 Å². The quantitative estimate of drug-likeness (QED) is 0.841. The molecule has 4 heteroatoms. The molecule has 106 valence electrons. The van der Waals surface area contributed by atoms with Crippen molar-refractivity contribution in [3.05, 3.63) is 53.7 Å². The largest absolute Gasteiger partial charge is 0.494 e. The average molecular weight is 272 g/mol. The van der Waals surface area contributed by atoms with Crippen molar-refractivity contribution in [2.45, 2.75) is 20.0 Å². The standard InChI is InChI=1S/C16H20N2O2/c1-3-20-15-7-5-4-6-14(15)12-17-11-13-8-9-18-16(10-13)19-2/h4-10,17H,3,11-12H2,1-2H3. The van der Waals surface area contributed by atoms with Gasteiger partial charge in [-0.15, -0.1) is 0 Å². The van der Waals surface area contributed by atoms with Crippen molar-refractivity contribution in [3.8, 4) is 11.6 Å². The van der Waals surface area contributed by atoms with Crippen LogP contribution in [-0.4, -0.2) is 18.7 Å². The number of pyridine rings is 1. The van der Waals surface area contributed by atoms with Gasteiger partial charge in [-0.25, -0.2) is 4.98 Å². The van der Waals surface area contributed by atoms with Gasteiger partial charge in [0.1, 0.15) is 5.75 Å². The lowest BCUT2D eigenvalue weighted by molar-refractivity contribution is 0.335. The number of nitrogens with zero attached hydrogens (tertiary/aromatic N) is 1. The summed E-state index contributed by atoms with van der Waals surface area (Å²) >= 11 is 0. The Hall–Kier alpha value is -2.07. The van der Waals surface area contributed by atoms with E-state index >= 15 is 0 Å². The molecule has 0 spiro atoms. The second-order valence-corrected chi connectivity index (χ2v) is 4.35. The average Bonchev–Trinajstić information content (AvgIpc) is 2.49. The Morgan fingerprint density at radius 3 is 2.80 bits per heavy atom. The molecular weight excluding hydrogens is 252 g/mol. The molecule has 0 bridgehead atoms. The number of hydrogen-bond donors (Lipinski definition) is 1. The van der Waals surface area contributed by atoms with Gasteiger partial charge in [-0.05, 0) is 24.6 Å². The van der Waals surface area contributed by atoms with E-state index in [9.17, 15) is 0 Å². The third-order valence-electron chi connectivity index (χ3n) is 2.93. The third-order valence-corrected chi connectivity index (χ3v) is 2.93. The Kier molecular flexibility index (Phi) is 5.38. The Morgan fingerprint density at radius 1 is 1.15 bits per heavy atom. The van der Waals surface area contributed by atoms with Gasteiger partial charge < -0.3 is 14.8 Å². The predicted octanol–water partition coefficient (Wildman–Crippen LogP) is 2.78. The fraction of sp³-hybridized carbons (Fsp3) is 0.312. The zero-order chi connectivity index (χ0) is 14.2. The second-order valence-electron chi connectivity index (χ2n) is 4.35. The molecule has 0 saturated heterocycles. The molecule has 2 rings (SSSR count). The van der Waals surface area contributed by atoms with Crippen LogP contribution in [0.5, 0.6) is 11.6 Å². The Labute approximate surface area is 119 Å². The van der Waals surface area contributed by atoms with Crippen molar-refractivity contribution in [1.82, 2.24) is 10.3 Å². The van der Waals surface area contributed by atoms with E-state index in [2.05, 4.69) is 16.4 Å². The highest BCUT2D eigenvalue weighted by Gasteiger charge is 2.02. The van der Waals surface area contributed by atoms with Gasteiger partial charge in [0.15, 0.2) is 0 Å². The monoisotopic (exact) mass is 272 g/mol. The first-order chi connectivity index (χ1) is 9.83. The minimum atomic E-state index is 0.638. The van der Waals surface area contributed by atoms with Crippen LogP contribution >= 0.6 is 0 Å². The van der Waals surface area contributed by atoms with Gasteiger partial charge in [0, 0.05) is 30.9 Å². The normalized spacial score (nSPS) is 10.3. The lowest BCUT2D eigenvalue weighted by atomic mass is 10.2. The number of rotatable bonds is 7. The molecule has 1 heterocycles. The van der Waals surface area contributed by atoms with E-state index in [1.807, 2.05) is 37.3 Å². The maximum atomic E-state index is 5.61. The van der Waals surface area contributed by atoms with Crippen molar-refractivity contribution in [1.29, 1.82) is 0 Å². The van der Waals surface area contributed by atoms with Gasteiger partial charge in [-0.1, -0.05) is 18.2 Å². The first-order valence-corrected chi connectivity index (χ1v) is 6.74. The molecule has 1 N–H and O–H groups in total. The summed E-state index contributed by atoms with van der Waals surface area (Å²) < 4.78 is 10.7. The molecule has 20 heavy (non-hydrogen) atoms.